The topological polar surface area (TPSA) is 58.2 Å². The number of benzene rings is 3. The molecule has 2 amide bonds. The molecule has 3 aromatic rings. The zero-order chi connectivity index (χ0) is 23.5. The van der Waals surface area contributed by atoms with Crippen LogP contribution >= 0.6 is 0 Å². The molecule has 0 unspecified atom stereocenters. The number of amides is 2. The highest BCUT2D eigenvalue weighted by Crippen LogP contribution is 2.31. The lowest BCUT2D eigenvalue weighted by molar-refractivity contribution is -0.147. The number of alkyl halides is 2. The van der Waals surface area contributed by atoms with E-state index in [0.717, 1.165) is 23.8 Å². The van der Waals surface area contributed by atoms with Gasteiger partial charge in [0.15, 0.2) is 11.6 Å². The van der Waals surface area contributed by atoms with Gasteiger partial charge in [0.25, 0.3) is 11.8 Å². The van der Waals surface area contributed by atoms with Crippen LogP contribution in [0.25, 0.3) is 0 Å². The molecule has 166 valence electrons. The summed E-state index contributed by atoms with van der Waals surface area (Å²) in [5, 5.41) is 4.24. The van der Waals surface area contributed by atoms with Crippen molar-refractivity contribution in [2.24, 2.45) is 0 Å². The third-order valence-corrected chi connectivity index (χ3v) is 4.60. The van der Waals surface area contributed by atoms with Gasteiger partial charge in [-0.15, -0.1) is 0 Å². The number of carbonyl (C=O) groups is 2. The molecule has 0 aromatic heterocycles. The van der Waals surface area contributed by atoms with Crippen LogP contribution in [0.2, 0.25) is 0 Å². The minimum absolute atomic E-state index is 0.137. The number of aryl methyl sites for hydroxylation is 1. The maximum absolute atomic E-state index is 14.7. The summed E-state index contributed by atoms with van der Waals surface area (Å²) < 4.78 is 69.8. The Hall–Kier alpha value is -3.75. The number of hydrogen-bond acceptors (Lipinski definition) is 2. The number of anilines is 1. The number of carbonyl (C=O) groups excluding carboxylic acids is 2. The van der Waals surface area contributed by atoms with Crippen molar-refractivity contribution in [2.45, 2.75) is 19.4 Å². The molecule has 0 bridgehead atoms. The van der Waals surface area contributed by atoms with Crippen molar-refractivity contribution in [2.75, 3.05) is 5.32 Å². The lowest BCUT2D eigenvalue weighted by Crippen LogP contribution is -2.38. The van der Waals surface area contributed by atoms with Crippen molar-refractivity contribution >= 4 is 17.5 Å². The van der Waals surface area contributed by atoms with Crippen molar-refractivity contribution in [3.63, 3.8) is 0 Å². The average Bonchev–Trinajstić information content (AvgIpc) is 2.75. The van der Waals surface area contributed by atoms with Gasteiger partial charge in [0.1, 0.15) is 5.82 Å². The molecule has 3 rings (SSSR count). The summed E-state index contributed by atoms with van der Waals surface area (Å²) in [6.45, 7) is 1.64. The summed E-state index contributed by atoms with van der Waals surface area (Å²) in [5.74, 6) is -10.7. The smallest absolute Gasteiger partial charge is 0.346 e. The Morgan fingerprint density at radius 3 is 2.16 bits per heavy atom. The van der Waals surface area contributed by atoms with E-state index in [4.69, 9.17) is 0 Å². The number of nitrogens with one attached hydrogen (secondary N) is 2. The maximum atomic E-state index is 14.7. The Morgan fingerprint density at radius 2 is 1.50 bits per heavy atom. The molecule has 0 fully saturated rings. The molecule has 9 heteroatoms. The molecule has 0 aliphatic carbocycles. The number of rotatable bonds is 6. The average molecular weight is 448 g/mol. The molecule has 0 aliphatic rings. The number of halogens is 5. The van der Waals surface area contributed by atoms with E-state index in [-0.39, 0.29) is 12.2 Å². The van der Waals surface area contributed by atoms with E-state index in [2.05, 4.69) is 10.6 Å². The molecular weight excluding hydrogens is 431 g/mol. The Bertz CT molecular complexity index is 1160. The molecule has 0 aliphatic heterocycles. The molecule has 3 aromatic carbocycles. The molecule has 4 nitrogen and oxygen atoms in total. The molecule has 0 atom stereocenters. The first-order valence-electron chi connectivity index (χ1n) is 9.36. The predicted octanol–water partition coefficient (Wildman–Crippen LogP) is 5.07. The van der Waals surface area contributed by atoms with Crippen LogP contribution in [0, 0.1) is 24.4 Å². The van der Waals surface area contributed by atoms with Crippen LogP contribution in [0.4, 0.5) is 27.6 Å². The monoisotopic (exact) mass is 448 g/mol. The fraction of sp³-hybridized carbons (Fsp3) is 0.130. The Morgan fingerprint density at radius 1 is 0.844 bits per heavy atom. The van der Waals surface area contributed by atoms with E-state index in [9.17, 15) is 31.5 Å². The number of hydrogen-bond donors (Lipinski definition) is 2. The Labute approximate surface area is 180 Å². The highest BCUT2D eigenvalue weighted by Gasteiger charge is 2.43. The van der Waals surface area contributed by atoms with E-state index in [1.165, 1.54) is 0 Å². The second-order valence-corrected chi connectivity index (χ2v) is 7.02. The molecule has 2 N–H and O–H groups in total. The van der Waals surface area contributed by atoms with E-state index in [1.807, 2.05) is 6.92 Å². The van der Waals surface area contributed by atoms with Crippen LogP contribution in [0.3, 0.4) is 0 Å². The van der Waals surface area contributed by atoms with Crippen molar-refractivity contribution in [1.29, 1.82) is 0 Å². The van der Waals surface area contributed by atoms with Gasteiger partial charge in [-0.25, -0.2) is 13.2 Å². The quantitative estimate of drug-likeness (QED) is 0.517. The first kappa shape index (κ1) is 22.9. The molecular formula is C23H17F5N2O2. The van der Waals surface area contributed by atoms with Crippen molar-refractivity contribution < 1.29 is 31.5 Å². The molecule has 32 heavy (non-hydrogen) atoms. The second kappa shape index (κ2) is 9.17. The van der Waals surface area contributed by atoms with Gasteiger partial charge in [-0.2, -0.15) is 8.78 Å². The molecule has 0 radical (unpaired) electrons. The maximum Gasteiger partial charge on any atom is 0.352 e. The SMILES string of the molecule is Cc1ccc(CNC(=O)C(F)(F)c2cc(C(=O)Nc3ccc(F)c(F)c3)ccc2F)cc1. The summed E-state index contributed by atoms with van der Waals surface area (Å²) >= 11 is 0. The first-order valence-corrected chi connectivity index (χ1v) is 9.36. The third-order valence-electron chi connectivity index (χ3n) is 4.60. The summed E-state index contributed by atoms with van der Waals surface area (Å²) in [4.78, 5) is 24.4. The molecule has 0 saturated heterocycles. The normalized spacial score (nSPS) is 11.2. The fourth-order valence-electron chi connectivity index (χ4n) is 2.81. The Kier molecular flexibility index (Phi) is 6.57. The zero-order valence-electron chi connectivity index (χ0n) is 16.7. The molecule has 0 heterocycles. The van der Waals surface area contributed by atoms with Gasteiger partial charge in [0.2, 0.25) is 0 Å². The zero-order valence-corrected chi connectivity index (χ0v) is 16.7. The van der Waals surface area contributed by atoms with Gasteiger partial charge in [0, 0.05) is 23.9 Å². The van der Waals surface area contributed by atoms with Crippen molar-refractivity contribution in [3.05, 3.63) is 100 Å². The van der Waals surface area contributed by atoms with E-state index in [0.29, 0.717) is 23.8 Å². The lowest BCUT2D eigenvalue weighted by atomic mass is 10.0. The highest BCUT2D eigenvalue weighted by atomic mass is 19.3. The van der Waals surface area contributed by atoms with E-state index in [1.54, 1.807) is 24.3 Å². The first-order chi connectivity index (χ1) is 15.1. The van der Waals surface area contributed by atoms with E-state index >= 15 is 0 Å². The third kappa shape index (κ3) is 5.11. The van der Waals surface area contributed by atoms with Gasteiger partial charge >= 0.3 is 5.92 Å². The minimum atomic E-state index is -4.27. The van der Waals surface area contributed by atoms with Crippen LogP contribution in [0.15, 0.2) is 60.7 Å². The molecule has 0 spiro atoms. The summed E-state index contributed by atoms with van der Waals surface area (Å²) in [5.41, 5.74) is -0.317. The highest BCUT2D eigenvalue weighted by molar-refractivity contribution is 6.04. The van der Waals surface area contributed by atoms with Crippen LogP contribution in [0.5, 0.6) is 0 Å². The van der Waals surface area contributed by atoms with Gasteiger partial charge in [-0.05, 0) is 42.8 Å². The standard InChI is InChI=1S/C23H17F5N2O2/c1-13-2-4-14(5-3-13)12-29-22(32)23(27,28)17-10-15(6-8-18(17)24)21(31)30-16-7-9-19(25)20(26)11-16/h2-11H,12H2,1H3,(H,29,32)(H,30,31). The van der Waals surface area contributed by atoms with Gasteiger partial charge < -0.3 is 10.6 Å². The summed E-state index contributed by atoms with van der Waals surface area (Å²) in [6.07, 6.45) is 0. The van der Waals surface area contributed by atoms with Crippen LogP contribution in [-0.4, -0.2) is 11.8 Å². The van der Waals surface area contributed by atoms with Crippen LogP contribution < -0.4 is 10.6 Å². The second-order valence-electron chi connectivity index (χ2n) is 7.02. The van der Waals surface area contributed by atoms with Gasteiger partial charge in [0.05, 0.1) is 5.56 Å². The fourth-order valence-corrected chi connectivity index (χ4v) is 2.81. The van der Waals surface area contributed by atoms with E-state index < -0.39 is 46.3 Å². The van der Waals surface area contributed by atoms with Crippen LogP contribution in [-0.2, 0) is 17.3 Å². The predicted molar refractivity (Wildman–Crippen MR) is 108 cm³/mol. The van der Waals surface area contributed by atoms with Crippen LogP contribution in [0.1, 0.15) is 27.0 Å². The lowest BCUT2D eigenvalue weighted by Gasteiger charge is -2.18. The largest absolute Gasteiger partial charge is 0.352 e. The summed E-state index contributed by atoms with van der Waals surface area (Å²) in [6, 6.07) is 11.4. The Balaban J connectivity index is 1.77. The van der Waals surface area contributed by atoms with Gasteiger partial charge in [-0.3, -0.25) is 9.59 Å². The van der Waals surface area contributed by atoms with Crippen molar-refractivity contribution in [3.8, 4) is 0 Å². The van der Waals surface area contributed by atoms with Crippen molar-refractivity contribution in [1.82, 2.24) is 5.32 Å². The molecule has 0 saturated carbocycles. The summed E-state index contributed by atoms with van der Waals surface area (Å²) in [7, 11) is 0. The van der Waals surface area contributed by atoms with Gasteiger partial charge in [-0.1, -0.05) is 29.8 Å². The minimum Gasteiger partial charge on any atom is -0.346 e.